The number of nitrogens with zero attached hydrogens (tertiary/aromatic N) is 1. The first-order valence-corrected chi connectivity index (χ1v) is 12.3. The predicted octanol–water partition coefficient (Wildman–Crippen LogP) is 3.87. The fraction of sp³-hybridized carbons (Fsp3) is 0.375. The van der Waals surface area contributed by atoms with Gasteiger partial charge in [0.15, 0.2) is 0 Å². The van der Waals surface area contributed by atoms with E-state index in [1.807, 2.05) is 0 Å². The third kappa shape index (κ3) is 8.74. The molecule has 7 nitrogen and oxygen atoms in total. The number of hydrogen-bond donors (Lipinski definition) is 2. The minimum atomic E-state index is -4.69. The van der Waals surface area contributed by atoms with Gasteiger partial charge >= 0.3 is 6.18 Å². The number of rotatable bonds is 8. The molecule has 0 aliphatic rings. The number of hydrogen-bond acceptors (Lipinski definition) is 4. The topological polar surface area (TPSA) is 95.6 Å². The van der Waals surface area contributed by atoms with Gasteiger partial charge in [-0.25, -0.2) is 4.39 Å². The van der Waals surface area contributed by atoms with Gasteiger partial charge in [0.05, 0.1) is 5.56 Å². The summed E-state index contributed by atoms with van der Waals surface area (Å²) in [5, 5.41) is 5.08. The Bertz CT molecular complexity index is 1130. The molecule has 36 heavy (non-hydrogen) atoms. The number of nitrogens with one attached hydrogen (secondary N) is 2. The number of alkyl halides is 3. The summed E-state index contributed by atoms with van der Waals surface area (Å²) in [4.78, 5) is 38.9. The maximum absolute atomic E-state index is 13.3. The lowest BCUT2D eigenvalue weighted by Crippen LogP contribution is -2.53. The largest absolute Gasteiger partial charge is 0.416 e. The molecule has 0 heterocycles. The van der Waals surface area contributed by atoms with Crippen molar-refractivity contribution < 1.29 is 36.2 Å². The number of carbonyl (C=O) groups is 3. The van der Waals surface area contributed by atoms with Crippen LogP contribution < -0.4 is 15.5 Å². The maximum Gasteiger partial charge on any atom is 0.416 e. The van der Waals surface area contributed by atoms with E-state index < -0.39 is 69.2 Å². The van der Waals surface area contributed by atoms with E-state index in [-0.39, 0.29) is 11.4 Å². The van der Waals surface area contributed by atoms with E-state index >= 15 is 0 Å². The molecular weight excluding hydrogens is 502 g/mol. The van der Waals surface area contributed by atoms with Gasteiger partial charge < -0.3 is 10.6 Å². The smallest absolute Gasteiger partial charge is 0.350 e. The Morgan fingerprint density at radius 3 is 2.17 bits per heavy atom. The molecule has 0 aliphatic carbocycles. The zero-order valence-corrected chi connectivity index (χ0v) is 20.9. The Morgan fingerprint density at radius 1 is 1.00 bits per heavy atom. The van der Waals surface area contributed by atoms with Crippen molar-refractivity contribution in [1.29, 1.82) is 0 Å². The van der Waals surface area contributed by atoms with E-state index in [9.17, 15) is 36.2 Å². The number of benzene rings is 2. The number of amides is 3. The van der Waals surface area contributed by atoms with Gasteiger partial charge in [0.1, 0.15) is 23.4 Å². The highest BCUT2D eigenvalue weighted by atomic mass is 32.2. The molecule has 0 spiro atoms. The van der Waals surface area contributed by atoms with Crippen molar-refractivity contribution >= 4 is 39.9 Å². The maximum atomic E-state index is 13.3. The summed E-state index contributed by atoms with van der Waals surface area (Å²) in [7, 11) is -2.06. The van der Waals surface area contributed by atoms with Gasteiger partial charge in [-0.15, -0.1) is 0 Å². The molecule has 2 aromatic carbocycles. The van der Waals surface area contributed by atoms with Crippen molar-refractivity contribution in [3.05, 3.63) is 59.9 Å². The van der Waals surface area contributed by atoms with Crippen molar-refractivity contribution in [1.82, 2.24) is 5.32 Å². The molecule has 2 N–H and O–H groups in total. The lowest BCUT2D eigenvalue weighted by molar-refractivity contribution is -0.137. The van der Waals surface area contributed by atoms with Gasteiger partial charge in [-0.1, -0.05) is 6.07 Å². The van der Waals surface area contributed by atoms with E-state index in [4.69, 9.17) is 0 Å². The predicted molar refractivity (Wildman–Crippen MR) is 129 cm³/mol. The van der Waals surface area contributed by atoms with Crippen LogP contribution in [0, 0.1) is 5.82 Å². The minimum absolute atomic E-state index is 0.209. The minimum Gasteiger partial charge on any atom is -0.350 e. The van der Waals surface area contributed by atoms with Crippen LogP contribution in [-0.2, 0) is 31.4 Å². The lowest BCUT2D eigenvalue weighted by atomic mass is 10.1. The molecule has 0 unspecified atom stereocenters. The molecule has 2 rings (SSSR count). The Labute approximate surface area is 208 Å². The standard InChI is InChI=1S/C24H27F4N3O4S/c1-15(22(34)30-23(2,3)4)31(19-7-5-6-16(12-19)24(26,27)28)21(33)14-36(35)13-20(32)29-18-10-8-17(25)9-11-18/h5-12,15H,13-14H2,1-4H3,(H,29,32)(H,30,34)/t15-,36-/m0/s1. The van der Waals surface area contributed by atoms with Crippen molar-refractivity contribution in [2.24, 2.45) is 0 Å². The van der Waals surface area contributed by atoms with E-state index in [1.165, 1.54) is 25.1 Å². The van der Waals surface area contributed by atoms with Crippen LogP contribution in [0.1, 0.15) is 33.3 Å². The molecule has 12 heteroatoms. The van der Waals surface area contributed by atoms with Crippen molar-refractivity contribution in [3.8, 4) is 0 Å². The lowest BCUT2D eigenvalue weighted by Gasteiger charge is -2.31. The van der Waals surface area contributed by atoms with Crippen LogP contribution in [0.5, 0.6) is 0 Å². The highest BCUT2D eigenvalue weighted by Gasteiger charge is 2.34. The summed E-state index contributed by atoms with van der Waals surface area (Å²) in [5.74, 6) is -4.08. The summed E-state index contributed by atoms with van der Waals surface area (Å²) in [6.07, 6.45) is -4.69. The molecule has 196 valence electrons. The Hall–Kier alpha value is -3.28. The second-order valence-corrected chi connectivity index (χ2v) is 10.5. The molecule has 0 saturated carbocycles. The molecule has 0 fully saturated rings. The normalized spacial score (nSPS) is 13.4. The highest BCUT2D eigenvalue weighted by molar-refractivity contribution is 7.86. The molecule has 2 atom stereocenters. The number of halogens is 4. The first-order valence-electron chi connectivity index (χ1n) is 10.8. The van der Waals surface area contributed by atoms with E-state index in [1.54, 1.807) is 20.8 Å². The number of anilines is 2. The van der Waals surface area contributed by atoms with Gasteiger partial charge in [-0.3, -0.25) is 23.5 Å². The monoisotopic (exact) mass is 529 g/mol. The zero-order valence-electron chi connectivity index (χ0n) is 20.1. The first kappa shape index (κ1) is 29.0. The Kier molecular flexibility index (Phi) is 9.36. The second-order valence-electron chi connectivity index (χ2n) is 9.01. The molecule has 0 aromatic heterocycles. The Morgan fingerprint density at radius 2 is 1.61 bits per heavy atom. The van der Waals surface area contributed by atoms with Gasteiger partial charge in [0, 0.05) is 27.7 Å². The van der Waals surface area contributed by atoms with Crippen LogP contribution in [0.2, 0.25) is 0 Å². The van der Waals surface area contributed by atoms with Gasteiger partial charge in [0.2, 0.25) is 17.7 Å². The third-order valence-corrected chi connectivity index (χ3v) is 5.84. The van der Waals surface area contributed by atoms with Crippen LogP contribution >= 0.6 is 0 Å². The summed E-state index contributed by atoms with van der Waals surface area (Å²) < 4.78 is 65.4. The van der Waals surface area contributed by atoms with Crippen molar-refractivity contribution in [3.63, 3.8) is 0 Å². The second kappa shape index (κ2) is 11.6. The molecule has 0 radical (unpaired) electrons. The van der Waals surface area contributed by atoms with E-state index in [2.05, 4.69) is 10.6 Å². The Balaban J connectivity index is 2.24. The van der Waals surface area contributed by atoms with Crippen LogP contribution in [0.15, 0.2) is 48.5 Å². The fourth-order valence-corrected chi connectivity index (χ4v) is 4.02. The third-order valence-electron chi connectivity index (χ3n) is 4.69. The summed E-state index contributed by atoms with van der Waals surface area (Å²) in [6.45, 7) is 6.43. The van der Waals surface area contributed by atoms with Gasteiger partial charge in [-0.05, 0) is 70.2 Å². The molecule has 0 aliphatic heterocycles. The van der Waals surface area contributed by atoms with Gasteiger partial charge in [-0.2, -0.15) is 13.2 Å². The van der Waals surface area contributed by atoms with Crippen LogP contribution in [0.4, 0.5) is 28.9 Å². The summed E-state index contributed by atoms with van der Waals surface area (Å²) in [5.41, 5.74) is -1.67. The summed E-state index contributed by atoms with van der Waals surface area (Å²) in [6, 6.07) is 7.47. The molecule has 2 aromatic rings. The zero-order chi connectivity index (χ0) is 27.3. The van der Waals surface area contributed by atoms with Crippen LogP contribution in [-0.4, -0.2) is 45.0 Å². The fourth-order valence-electron chi connectivity index (χ4n) is 3.14. The number of carbonyl (C=O) groups excluding carboxylic acids is 3. The average molecular weight is 530 g/mol. The van der Waals surface area contributed by atoms with Crippen LogP contribution in [0.3, 0.4) is 0 Å². The van der Waals surface area contributed by atoms with E-state index in [0.29, 0.717) is 0 Å². The molecule has 0 bridgehead atoms. The highest BCUT2D eigenvalue weighted by Crippen LogP contribution is 2.32. The van der Waals surface area contributed by atoms with E-state index in [0.717, 1.165) is 35.2 Å². The quantitative estimate of drug-likeness (QED) is 0.508. The first-order chi connectivity index (χ1) is 16.6. The van der Waals surface area contributed by atoms with Crippen molar-refractivity contribution in [2.75, 3.05) is 21.7 Å². The molecule has 0 saturated heterocycles. The van der Waals surface area contributed by atoms with Gasteiger partial charge in [0.25, 0.3) is 0 Å². The summed E-state index contributed by atoms with van der Waals surface area (Å²) >= 11 is 0. The molecular formula is C24H27F4N3O4S. The molecule has 3 amide bonds. The van der Waals surface area contributed by atoms with Crippen LogP contribution in [0.25, 0.3) is 0 Å². The van der Waals surface area contributed by atoms with Crippen molar-refractivity contribution in [2.45, 2.75) is 45.5 Å². The SMILES string of the molecule is C[C@@H](C(=O)NC(C)(C)C)N(C(=O)C[S@@](=O)CC(=O)Nc1ccc(F)cc1)c1cccc(C(F)(F)F)c1. The average Bonchev–Trinajstić information content (AvgIpc) is 2.73.